The average molecular weight is 261 g/mol. The zero-order valence-electron chi connectivity index (χ0n) is 10.2. The number of nitrogens with one attached hydrogen (secondary N) is 1. The lowest BCUT2D eigenvalue weighted by molar-refractivity contribution is 0.0572. The van der Waals surface area contributed by atoms with E-state index in [2.05, 4.69) is 15.4 Å². The summed E-state index contributed by atoms with van der Waals surface area (Å²) in [5.41, 5.74) is 3.19. The van der Waals surface area contributed by atoms with Crippen LogP contribution in [0.5, 0.6) is 0 Å². The molecule has 100 valence electrons. The highest BCUT2D eigenvalue weighted by molar-refractivity contribution is 5.90. The van der Waals surface area contributed by atoms with Crippen molar-refractivity contribution in [2.24, 2.45) is 5.84 Å². The molecule has 1 fully saturated rings. The highest BCUT2D eigenvalue weighted by Gasteiger charge is 2.31. The molecule has 0 radical (unpaired) electrons. The van der Waals surface area contributed by atoms with Gasteiger partial charge in [0, 0.05) is 18.5 Å². The number of nitrogens with two attached hydrogens (primary N) is 1. The SMILES string of the molecule is NNc1nc(N2CC(O)C(O)C2)c2ccccc2n1. The number of nitrogens with zero attached hydrogens (tertiary/aromatic N) is 3. The molecule has 3 rings (SSSR count). The van der Waals surface area contributed by atoms with Crippen LogP contribution in [0.2, 0.25) is 0 Å². The predicted octanol–water partition coefficient (Wildman–Crippen LogP) is -0.543. The number of nitrogen functional groups attached to an aromatic ring is 1. The van der Waals surface area contributed by atoms with E-state index in [1.54, 1.807) is 0 Å². The zero-order chi connectivity index (χ0) is 13.4. The van der Waals surface area contributed by atoms with Crippen LogP contribution in [0, 0.1) is 0 Å². The maximum absolute atomic E-state index is 9.65. The lowest BCUT2D eigenvalue weighted by Gasteiger charge is -2.19. The van der Waals surface area contributed by atoms with Gasteiger partial charge in [0.25, 0.3) is 0 Å². The van der Waals surface area contributed by atoms with Crippen molar-refractivity contribution in [1.82, 2.24) is 9.97 Å². The van der Waals surface area contributed by atoms with Crippen LogP contribution in [0.3, 0.4) is 0 Å². The quantitative estimate of drug-likeness (QED) is 0.424. The third-order valence-corrected chi connectivity index (χ3v) is 3.27. The number of rotatable bonds is 2. The molecule has 2 atom stereocenters. The summed E-state index contributed by atoms with van der Waals surface area (Å²) in [6.45, 7) is 0.679. The Kier molecular flexibility index (Phi) is 2.94. The smallest absolute Gasteiger partial charge is 0.239 e. The number of hydrogen-bond acceptors (Lipinski definition) is 7. The minimum absolute atomic E-state index is 0.310. The van der Waals surface area contributed by atoms with E-state index in [0.717, 1.165) is 10.9 Å². The van der Waals surface area contributed by atoms with Crippen LogP contribution in [0.25, 0.3) is 10.9 Å². The minimum atomic E-state index is -0.761. The molecule has 0 spiro atoms. The van der Waals surface area contributed by atoms with Gasteiger partial charge in [-0.15, -0.1) is 0 Å². The first kappa shape index (κ1) is 12.1. The molecule has 1 aromatic heterocycles. The van der Waals surface area contributed by atoms with E-state index >= 15 is 0 Å². The van der Waals surface area contributed by atoms with Gasteiger partial charge in [-0.1, -0.05) is 12.1 Å². The van der Waals surface area contributed by atoms with Crippen molar-refractivity contribution in [2.45, 2.75) is 12.2 Å². The van der Waals surface area contributed by atoms with E-state index in [1.807, 2.05) is 29.2 Å². The Labute approximate surface area is 109 Å². The largest absolute Gasteiger partial charge is 0.389 e. The Morgan fingerprint density at radius 3 is 2.53 bits per heavy atom. The third kappa shape index (κ3) is 2.07. The maximum Gasteiger partial charge on any atom is 0.239 e. The average Bonchev–Trinajstić information content (AvgIpc) is 2.77. The normalized spacial score (nSPS) is 23.0. The van der Waals surface area contributed by atoms with Crippen molar-refractivity contribution in [3.05, 3.63) is 24.3 Å². The monoisotopic (exact) mass is 261 g/mol. The van der Waals surface area contributed by atoms with Gasteiger partial charge in [0.1, 0.15) is 5.82 Å². The molecule has 0 aliphatic carbocycles. The highest BCUT2D eigenvalue weighted by Crippen LogP contribution is 2.27. The lowest BCUT2D eigenvalue weighted by Crippen LogP contribution is -2.23. The molecular weight excluding hydrogens is 246 g/mol. The van der Waals surface area contributed by atoms with Gasteiger partial charge in [-0.25, -0.2) is 10.8 Å². The summed E-state index contributed by atoms with van der Waals surface area (Å²) in [6, 6.07) is 7.55. The van der Waals surface area contributed by atoms with Crippen LogP contribution in [0.15, 0.2) is 24.3 Å². The summed E-state index contributed by atoms with van der Waals surface area (Å²) >= 11 is 0. The number of fused-ring (bicyclic) bond motifs is 1. The van der Waals surface area contributed by atoms with Crippen molar-refractivity contribution < 1.29 is 10.2 Å². The fourth-order valence-corrected chi connectivity index (χ4v) is 2.31. The molecule has 1 aliphatic heterocycles. The van der Waals surface area contributed by atoms with Gasteiger partial charge in [0.15, 0.2) is 0 Å². The van der Waals surface area contributed by atoms with Crippen LogP contribution < -0.4 is 16.2 Å². The Balaban J connectivity index is 2.11. The van der Waals surface area contributed by atoms with Crippen molar-refractivity contribution in [1.29, 1.82) is 0 Å². The van der Waals surface area contributed by atoms with E-state index < -0.39 is 12.2 Å². The number of β-amino-alcohol motifs (C(OH)–C–C–N with tert-alkyl or cyclic N) is 2. The van der Waals surface area contributed by atoms with Crippen LogP contribution in [-0.2, 0) is 0 Å². The van der Waals surface area contributed by atoms with Crippen molar-refractivity contribution >= 4 is 22.7 Å². The number of aromatic nitrogens is 2. The Morgan fingerprint density at radius 2 is 1.84 bits per heavy atom. The first-order valence-corrected chi connectivity index (χ1v) is 6.03. The highest BCUT2D eigenvalue weighted by atomic mass is 16.3. The van der Waals surface area contributed by atoms with Crippen LogP contribution in [-0.4, -0.2) is 45.5 Å². The fourth-order valence-electron chi connectivity index (χ4n) is 2.31. The second kappa shape index (κ2) is 4.61. The summed E-state index contributed by atoms with van der Waals surface area (Å²) in [7, 11) is 0. The molecule has 0 saturated carbocycles. The van der Waals surface area contributed by atoms with Gasteiger partial charge < -0.3 is 15.1 Å². The first-order chi connectivity index (χ1) is 9.19. The molecule has 0 bridgehead atoms. The molecule has 7 heteroatoms. The number of aliphatic hydroxyl groups is 2. The second-order valence-corrected chi connectivity index (χ2v) is 4.57. The molecule has 0 amide bonds. The maximum atomic E-state index is 9.65. The van der Waals surface area contributed by atoms with Gasteiger partial charge >= 0.3 is 0 Å². The number of hydrazine groups is 1. The summed E-state index contributed by atoms with van der Waals surface area (Å²) in [4.78, 5) is 10.4. The zero-order valence-corrected chi connectivity index (χ0v) is 10.2. The first-order valence-electron chi connectivity index (χ1n) is 6.03. The van der Waals surface area contributed by atoms with E-state index in [-0.39, 0.29) is 0 Å². The van der Waals surface area contributed by atoms with Crippen molar-refractivity contribution in [3.63, 3.8) is 0 Å². The molecule has 2 unspecified atom stereocenters. The fraction of sp³-hybridized carbons (Fsp3) is 0.333. The predicted molar refractivity (Wildman–Crippen MR) is 71.6 cm³/mol. The number of anilines is 2. The Morgan fingerprint density at radius 1 is 1.16 bits per heavy atom. The number of aliphatic hydroxyl groups excluding tert-OH is 2. The molecule has 1 aliphatic rings. The second-order valence-electron chi connectivity index (χ2n) is 4.57. The van der Waals surface area contributed by atoms with Gasteiger partial charge in [0.05, 0.1) is 17.7 Å². The van der Waals surface area contributed by atoms with Crippen molar-refractivity contribution in [2.75, 3.05) is 23.4 Å². The van der Waals surface area contributed by atoms with E-state index in [0.29, 0.717) is 24.9 Å². The topological polar surface area (TPSA) is 108 Å². The van der Waals surface area contributed by atoms with Crippen LogP contribution >= 0.6 is 0 Å². The molecule has 2 heterocycles. The third-order valence-electron chi connectivity index (χ3n) is 3.27. The van der Waals surface area contributed by atoms with Gasteiger partial charge in [-0.2, -0.15) is 4.98 Å². The molecule has 19 heavy (non-hydrogen) atoms. The summed E-state index contributed by atoms with van der Waals surface area (Å²) in [5, 5.41) is 20.2. The summed E-state index contributed by atoms with van der Waals surface area (Å²) in [6.07, 6.45) is -1.52. The molecular formula is C12H15N5O2. The molecule has 2 aromatic rings. The van der Waals surface area contributed by atoms with E-state index in [9.17, 15) is 10.2 Å². The summed E-state index contributed by atoms with van der Waals surface area (Å²) < 4.78 is 0. The Bertz CT molecular complexity index is 596. The standard InChI is InChI=1S/C12H15N5O2/c13-16-12-14-8-4-2-1-3-7(8)11(15-12)17-5-9(18)10(19)6-17/h1-4,9-10,18-19H,5-6,13H2,(H,14,15,16). The van der Waals surface area contributed by atoms with Gasteiger partial charge in [-0.05, 0) is 12.1 Å². The molecule has 1 aromatic carbocycles. The van der Waals surface area contributed by atoms with Crippen molar-refractivity contribution in [3.8, 4) is 0 Å². The van der Waals surface area contributed by atoms with Gasteiger partial charge in [0.2, 0.25) is 5.95 Å². The number of para-hydroxylation sites is 1. The number of hydrogen-bond donors (Lipinski definition) is 4. The van der Waals surface area contributed by atoms with Gasteiger partial charge in [-0.3, -0.25) is 5.43 Å². The van der Waals surface area contributed by atoms with E-state index in [1.165, 1.54) is 0 Å². The van der Waals surface area contributed by atoms with E-state index in [4.69, 9.17) is 5.84 Å². The number of benzene rings is 1. The summed E-state index contributed by atoms with van der Waals surface area (Å²) in [5.74, 6) is 6.34. The van der Waals surface area contributed by atoms with Crippen LogP contribution in [0.1, 0.15) is 0 Å². The molecule has 5 N–H and O–H groups in total. The lowest BCUT2D eigenvalue weighted by atomic mass is 10.2. The Hall–Kier alpha value is -1.96. The minimum Gasteiger partial charge on any atom is -0.389 e. The van der Waals surface area contributed by atoms with Crippen LogP contribution in [0.4, 0.5) is 11.8 Å². The molecule has 1 saturated heterocycles. The molecule has 7 nitrogen and oxygen atoms in total.